The minimum atomic E-state index is -0.376. The number of carbonyl (C=O) groups is 2. The monoisotopic (exact) mass is 440 g/mol. The van der Waals surface area contributed by atoms with E-state index in [9.17, 15) is 9.59 Å². The van der Waals surface area contributed by atoms with Gasteiger partial charge in [0.25, 0.3) is 0 Å². The molecule has 2 aliphatic rings. The fourth-order valence-electron chi connectivity index (χ4n) is 4.36. The van der Waals surface area contributed by atoms with Crippen molar-refractivity contribution >= 4 is 56.3 Å². The molecular formula is C22H21ClN4O2S. The van der Waals surface area contributed by atoms with E-state index in [2.05, 4.69) is 38.3 Å². The Labute approximate surface area is 183 Å². The van der Waals surface area contributed by atoms with E-state index in [1.54, 1.807) is 11.3 Å². The summed E-state index contributed by atoms with van der Waals surface area (Å²) < 4.78 is 1.20. The van der Waals surface area contributed by atoms with Crippen molar-refractivity contribution in [2.24, 2.45) is 0 Å². The maximum absolute atomic E-state index is 12.3. The molecule has 2 saturated heterocycles. The highest BCUT2D eigenvalue weighted by Gasteiger charge is 2.31. The predicted molar refractivity (Wildman–Crippen MR) is 121 cm³/mol. The minimum Gasteiger partial charge on any atom is -0.367 e. The van der Waals surface area contributed by atoms with Crippen LogP contribution in [0.25, 0.3) is 10.2 Å². The Morgan fingerprint density at radius 2 is 1.70 bits per heavy atom. The molecule has 0 spiro atoms. The summed E-state index contributed by atoms with van der Waals surface area (Å²) in [6.07, 6.45) is 0.844. The molecule has 8 heteroatoms. The molecule has 2 aliphatic heterocycles. The van der Waals surface area contributed by atoms with E-state index in [0.717, 1.165) is 42.9 Å². The Balaban J connectivity index is 1.35. The Hall–Kier alpha value is -2.64. The number of halogens is 1. The second-order valence-corrected chi connectivity index (χ2v) is 8.90. The standard InChI is InChI=1S/C22H21ClN4O2S/c23-20-14(15-7-8-19(28)25-22(15)29)3-1-4-16(20)26-9-11-27(12-10-26)17-5-2-6-18-21(17)24-13-30-18/h1-6,13,15H,7-12H2,(H,25,28,29). The molecule has 0 saturated carbocycles. The van der Waals surface area contributed by atoms with Crippen LogP contribution in [0.4, 0.5) is 11.4 Å². The summed E-state index contributed by atoms with van der Waals surface area (Å²) in [5, 5.41) is 3.04. The molecule has 1 unspecified atom stereocenters. The fraction of sp³-hybridized carbons (Fsp3) is 0.318. The normalized spacial score (nSPS) is 20.0. The van der Waals surface area contributed by atoms with Crippen LogP contribution in [-0.2, 0) is 9.59 Å². The molecule has 1 N–H and O–H groups in total. The van der Waals surface area contributed by atoms with E-state index in [0.29, 0.717) is 17.9 Å². The van der Waals surface area contributed by atoms with Crippen LogP contribution in [0, 0.1) is 0 Å². The first-order chi connectivity index (χ1) is 14.6. The van der Waals surface area contributed by atoms with Crippen molar-refractivity contribution in [3.05, 3.63) is 52.5 Å². The van der Waals surface area contributed by atoms with Gasteiger partial charge in [0.05, 0.1) is 32.5 Å². The van der Waals surface area contributed by atoms with Gasteiger partial charge in [-0.15, -0.1) is 11.3 Å². The van der Waals surface area contributed by atoms with Crippen LogP contribution < -0.4 is 15.1 Å². The first kappa shape index (κ1) is 19.3. The average Bonchev–Trinajstić information content (AvgIpc) is 3.24. The van der Waals surface area contributed by atoms with Gasteiger partial charge < -0.3 is 9.80 Å². The van der Waals surface area contributed by atoms with Crippen LogP contribution in [-0.4, -0.2) is 43.0 Å². The van der Waals surface area contributed by atoms with Crippen molar-refractivity contribution in [1.29, 1.82) is 0 Å². The Morgan fingerprint density at radius 1 is 1.00 bits per heavy atom. The Kier molecular flexibility index (Phi) is 5.08. The number of hydrogen-bond acceptors (Lipinski definition) is 6. The third-order valence-electron chi connectivity index (χ3n) is 5.92. The third-order valence-corrected chi connectivity index (χ3v) is 7.13. The van der Waals surface area contributed by atoms with Gasteiger partial charge in [-0.05, 0) is 30.2 Å². The van der Waals surface area contributed by atoms with E-state index in [1.807, 2.05) is 23.7 Å². The number of fused-ring (bicyclic) bond motifs is 1. The van der Waals surface area contributed by atoms with Crippen LogP contribution in [0.2, 0.25) is 5.02 Å². The summed E-state index contributed by atoms with van der Waals surface area (Å²) in [7, 11) is 0. The van der Waals surface area contributed by atoms with Gasteiger partial charge in [-0.1, -0.05) is 29.8 Å². The SMILES string of the molecule is O=C1CCC(c2cccc(N3CCN(c4cccc5scnc45)CC3)c2Cl)C(=O)N1. The highest BCUT2D eigenvalue weighted by Crippen LogP contribution is 2.37. The number of amides is 2. The van der Waals surface area contributed by atoms with Gasteiger partial charge in [0.15, 0.2) is 0 Å². The molecule has 30 heavy (non-hydrogen) atoms. The number of aromatic nitrogens is 1. The number of para-hydroxylation sites is 1. The summed E-state index contributed by atoms with van der Waals surface area (Å²) in [5.41, 5.74) is 5.88. The van der Waals surface area contributed by atoms with Crippen molar-refractivity contribution in [3.63, 3.8) is 0 Å². The maximum atomic E-state index is 12.3. The quantitative estimate of drug-likeness (QED) is 0.627. The molecule has 2 aromatic carbocycles. The first-order valence-electron chi connectivity index (χ1n) is 10.1. The lowest BCUT2D eigenvalue weighted by molar-refractivity contribution is -0.134. The van der Waals surface area contributed by atoms with Gasteiger partial charge in [-0.2, -0.15) is 0 Å². The van der Waals surface area contributed by atoms with Gasteiger partial charge in [0, 0.05) is 32.6 Å². The number of imide groups is 1. The van der Waals surface area contributed by atoms with Crippen molar-refractivity contribution in [2.75, 3.05) is 36.0 Å². The second kappa shape index (κ2) is 7.89. The molecule has 154 valence electrons. The van der Waals surface area contributed by atoms with Crippen molar-refractivity contribution in [3.8, 4) is 0 Å². The summed E-state index contributed by atoms with van der Waals surface area (Å²) in [6.45, 7) is 3.41. The first-order valence-corrected chi connectivity index (χ1v) is 11.3. The number of nitrogens with one attached hydrogen (secondary N) is 1. The van der Waals surface area contributed by atoms with Crippen LogP contribution in [0.1, 0.15) is 24.3 Å². The van der Waals surface area contributed by atoms with Crippen molar-refractivity contribution in [1.82, 2.24) is 10.3 Å². The molecule has 1 atom stereocenters. The number of nitrogens with zero attached hydrogens (tertiary/aromatic N) is 3. The largest absolute Gasteiger partial charge is 0.367 e. The fourth-order valence-corrected chi connectivity index (χ4v) is 5.43. The lowest BCUT2D eigenvalue weighted by atomic mass is 9.90. The third kappa shape index (κ3) is 3.42. The van der Waals surface area contributed by atoms with Crippen molar-refractivity contribution < 1.29 is 9.59 Å². The number of piperazine rings is 1. The summed E-state index contributed by atoms with van der Waals surface area (Å²) in [5.74, 6) is -0.847. The van der Waals surface area contributed by atoms with E-state index in [-0.39, 0.29) is 17.7 Å². The zero-order chi connectivity index (χ0) is 20.7. The molecule has 1 aromatic heterocycles. The van der Waals surface area contributed by atoms with Crippen LogP contribution in [0.15, 0.2) is 41.9 Å². The molecule has 0 bridgehead atoms. The van der Waals surface area contributed by atoms with Crippen LogP contribution in [0.3, 0.4) is 0 Å². The number of thiazole rings is 1. The molecule has 5 rings (SSSR count). The Bertz CT molecular complexity index is 1120. The number of hydrogen-bond donors (Lipinski definition) is 1. The zero-order valence-electron chi connectivity index (χ0n) is 16.3. The molecule has 0 radical (unpaired) electrons. The topological polar surface area (TPSA) is 65.5 Å². The zero-order valence-corrected chi connectivity index (χ0v) is 17.9. The van der Waals surface area contributed by atoms with Crippen molar-refractivity contribution in [2.45, 2.75) is 18.8 Å². The van der Waals surface area contributed by atoms with E-state index >= 15 is 0 Å². The molecule has 3 heterocycles. The van der Waals surface area contributed by atoms with Crippen LogP contribution in [0.5, 0.6) is 0 Å². The maximum Gasteiger partial charge on any atom is 0.234 e. The highest BCUT2D eigenvalue weighted by molar-refractivity contribution is 7.16. The van der Waals surface area contributed by atoms with Crippen LogP contribution >= 0.6 is 22.9 Å². The van der Waals surface area contributed by atoms with Gasteiger partial charge in [-0.25, -0.2) is 4.98 Å². The average molecular weight is 441 g/mol. The van der Waals surface area contributed by atoms with E-state index in [1.165, 1.54) is 10.4 Å². The molecule has 2 fully saturated rings. The molecule has 2 amide bonds. The Morgan fingerprint density at radius 3 is 2.47 bits per heavy atom. The number of anilines is 2. The number of rotatable bonds is 3. The summed E-state index contributed by atoms with van der Waals surface area (Å²) in [4.78, 5) is 33.0. The lowest BCUT2D eigenvalue weighted by Gasteiger charge is -2.38. The molecule has 3 aromatic rings. The number of carbonyl (C=O) groups excluding carboxylic acids is 2. The van der Waals surface area contributed by atoms with E-state index < -0.39 is 0 Å². The van der Waals surface area contributed by atoms with E-state index in [4.69, 9.17) is 11.6 Å². The number of piperidine rings is 1. The smallest absolute Gasteiger partial charge is 0.234 e. The van der Waals surface area contributed by atoms with Gasteiger partial charge in [0.2, 0.25) is 11.8 Å². The predicted octanol–water partition coefficient (Wildman–Crippen LogP) is 3.80. The summed E-state index contributed by atoms with van der Waals surface area (Å²) >= 11 is 8.43. The lowest BCUT2D eigenvalue weighted by Crippen LogP contribution is -2.46. The molecule has 6 nitrogen and oxygen atoms in total. The second-order valence-electron chi connectivity index (χ2n) is 7.63. The molecular weight excluding hydrogens is 420 g/mol. The highest BCUT2D eigenvalue weighted by atomic mass is 35.5. The van der Waals surface area contributed by atoms with Gasteiger partial charge >= 0.3 is 0 Å². The van der Waals surface area contributed by atoms with Gasteiger partial charge in [0.1, 0.15) is 5.52 Å². The minimum absolute atomic E-state index is 0.213. The molecule has 0 aliphatic carbocycles. The van der Waals surface area contributed by atoms with Gasteiger partial charge in [-0.3, -0.25) is 14.9 Å². The summed E-state index contributed by atoms with van der Waals surface area (Å²) in [6, 6.07) is 12.2. The number of benzene rings is 2.